The Hall–Kier alpha value is -2.33. The molecule has 0 aliphatic rings. The zero-order chi connectivity index (χ0) is 20.7. The number of nitrogens with one attached hydrogen (secondary N) is 1. The Bertz CT molecular complexity index is 803. The lowest BCUT2D eigenvalue weighted by Crippen LogP contribution is -2.48. The second kappa shape index (κ2) is 10.3. The minimum absolute atomic E-state index is 0.0762. The van der Waals surface area contributed by atoms with Crippen molar-refractivity contribution in [3.63, 3.8) is 0 Å². The molecule has 2 rings (SSSR count). The van der Waals surface area contributed by atoms with E-state index in [0.717, 1.165) is 16.7 Å². The van der Waals surface area contributed by atoms with Gasteiger partial charge in [-0.1, -0.05) is 67.4 Å². The summed E-state index contributed by atoms with van der Waals surface area (Å²) in [4.78, 5) is 27.4. The smallest absolute Gasteiger partial charge is 0.242 e. The molecule has 0 bridgehead atoms. The third-order valence-electron chi connectivity index (χ3n) is 4.56. The first-order chi connectivity index (χ1) is 13.3. The van der Waals surface area contributed by atoms with Gasteiger partial charge in [0.05, 0.1) is 6.42 Å². The van der Waals surface area contributed by atoms with E-state index in [-0.39, 0.29) is 18.2 Å². The highest BCUT2D eigenvalue weighted by atomic mass is 35.5. The third kappa shape index (κ3) is 6.68. The summed E-state index contributed by atoms with van der Waals surface area (Å²) < 4.78 is 0. The van der Waals surface area contributed by atoms with E-state index in [1.807, 2.05) is 57.2 Å². The van der Waals surface area contributed by atoms with Gasteiger partial charge in [-0.05, 0) is 43.0 Å². The zero-order valence-electron chi connectivity index (χ0n) is 17.0. The lowest BCUT2D eigenvalue weighted by molar-refractivity contribution is -0.140. The molecule has 28 heavy (non-hydrogen) atoms. The summed E-state index contributed by atoms with van der Waals surface area (Å²) in [6.45, 7) is 8.81. The van der Waals surface area contributed by atoms with Gasteiger partial charge in [-0.25, -0.2) is 0 Å². The third-order valence-corrected chi connectivity index (χ3v) is 4.81. The summed E-state index contributed by atoms with van der Waals surface area (Å²) in [6.07, 6.45) is 0.261. The molecular weight excluding hydrogens is 372 g/mol. The normalized spacial score (nSPS) is 11.9. The van der Waals surface area contributed by atoms with Crippen LogP contribution in [0.3, 0.4) is 0 Å². The quantitative estimate of drug-likeness (QED) is 0.714. The fourth-order valence-electron chi connectivity index (χ4n) is 2.92. The molecule has 0 fully saturated rings. The molecule has 0 heterocycles. The highest BCUT2D eigenvalue weighted by Gasteiger charge is 2.26. The Morgan fingerprint density at radius 3 is 2.32 bits per heavy atom. The van der Waals surface area contributed by atoms with Gasteiger partial charge in [-0.15, -0.1) is 0 Å². The molecular formula is C23H29ClN2O2. The molecule has 2 aromatic rings. The van der Waals surface area contributed by atoms with Gasteiger partial charge < -0.3 is 10.2 Å². The van der Waals surface area contributed by atoms with E-state index in [1.54, 1.807) is 24.0 Å². The van der Waals surface area contributed by atoms with E-state index in [9.17, 15) is 9.59 Å². The van der Waals surface area contributed by atoms with Crippen LogP contribution < -0.4 is 5.32 Å². The molecule has 0 saturated heterocycles. The van der Waals surface area contributed by atoms with Crippen LogP contribution in [0.25, 0.3) is 0 Å². The van der Waals surface area contributed by atoms with Crippen LogP contribution in [0, 0.1) is 12.8 Å². The predicted molar refractivity (Wildman–Crippen MR) is 114 cm³/mol. The SMILES string of the molecule is Cc1cccc(CC(=O)N(Cc2ccc(Cl)cc2)[C@H](C)C(=O)NCC(C)C)c1. The Labute approximate surface area is 172 Å². The highest BCUT2D eigenvalue weighted by Crippen LogP contribution is 2.15. The van der Waals surface area contributed by atoms with Gasteiger partial charge in [0, 0.05) is 18.1 Å². The Balaban J connectivity index is 2.19. The van der Waals surface area contributed by atoms with Gasteiger partial charge in [-0.3, -0.25) is 9.59 Å². The molecule has 0 spiro atoms. The monoisotopic (exact) mass is 400 g/mol. The molecule has 2 aromatic carbocycles. The number of hydrogen-bond acceptors (Lipinski definition) is 2. The molecule has 1 N–H and O–H groups in total. The first-order valence-electron chi connectivity index (χ1n) is 9.63. The van der Waals surface area contributed by atoms with Crippen LogP contribution in [-0.2, 0) is 22.6 Å². The molecule has 4 nitrogen and oxygen atoms in total. The van der Waals surface area contributed by atoms with Gasteiger partial charge >= 0.3 is 0 Å². The predicted octanol–water partition coefficient (Wildman–Crippen LogP) is 4.38. The lowest BCUT2D eigenvalue weighted by atomic mass is 10.1. The number of rotatable bonds is 8. The van der Waals surface area contributed by atoms with Crippen molar-refractivity contribution in [2.75, 3.05) is 6.54 Å². The maximum absolute atomic E-state index is 13.1. The summed E-state index contributed by atoms with van der Waals surface area (Å²) in [5, 5.41) is 3.57. The van der Waals surface area contributed by atoms with Crippen LogP contribution in [0.5, 0.6) is 0 Å². The van der Waals surface area contributed by atoms with Gasteiger partial charge in [-0.2, -0.15) is 0 Å². The highest BCUT2D eigenvalue weighted by molar-refractivity contribution is 6.30. The molecule has 0 unspecified atom stereocenters. The van der Waals surface area contributed by atoms with Crippen LogP contribution in [0.2, 0.25) is 5.02 Å². The van der Waals surface area contributed by atoms with Crippen LogP contribution in [0.4, 0.5) is 0 Å². The molecule has 0 aliphatic heterocycles. The van der Waals surface area contributed by atoms with E-state index >= 15 is 0 Å². The largest absolute Gasteiger partial charge is 0.354 e. The van der Waals surface area contributed by atoms with E-state index < -0.39 is 6.04 Å². The Morgan fingerprint density at radius 1 is 1.04 bits per heavy atom. The average molecular weight is 401 g/mol. The van der Waals surface area contributed by atoms with Crippen molar-refractivity contribution in [1.29, 1.82) is 0 Å². The standard InChI is InChI=1S/C23H29ClN2O2/c1-16(2)14-25-23(28)18(4)26(15-19-8-10-21(24)11-9-19)22(27)13-20-7-5-6-17(3)12-20/h5-12,16,18H,13-15H2,1-4H3,(H,25,28)/t18-/m1/s1. The lowest BCUT2D eigenvalue weighted by Gasteiger charge is -2.29. The van der Waals surface area contributed by atoms with Crippen molar-refractivity contribution in [1.82, 2.24) is 10.2 Å². The van der Waals surface area contributed by atoms with Crippen molar-refractivity contribution in [2.45, 2.75) is 46.7 Å². The van der Waals surface area contributed by atoms with Crippen LogP contribution in [-0.4, -0.2) is 29.3 Å². The Kier molecular flexibility index (Phi) is 8.06. The van der Waals surface area contributed by atoms with Gasteiger partial charge in [0.2, 0.25) is 11.8 Å². The number of nitrogens with zero attached hydrogens (tertiary/aromatic N) is 1. The van der Waals surface area contributed by atoms with Gasteiger partial charge in [0.25, 0.3) is 0 Å². The van der Waals surface area contributed by atoms with Gasteiger partial charge in [0.15, 0.2) is 0 Å². The van der Waals surface area contributed by atoms with Crippen molar-refractivity contribution in [3.05, 3.63) is 70.2 Å². The molecule has 150 valence electrons. The van der Waals surface area contributed by atoms with Crippen molar-refractivity contribution >= 4 is 23.4 Å². The second-order valence-corrected chi connectivity index (χ2v) is 8.07. The number of carbonyl (C=O) groups is 2. The number of halogens is 1. The fraction of sp³-hybridized carbons (Fsp3) is 0.391. The van der Waals surface area contributed by atoms with Crippen molar-refractivity contribution in [2.24, 2.45) is 5.92 Å². The zero-order valence-corrected chi connectivity index (χ0v) is 17.8. The minimum atomic E-state index is -0.563. The van der Waals surface area contributed by atoms with Crippen LogP contribution in [0.1, 0.15) is 37.5 Å². The van der Waals surface area contributed by atoms with Crippen LogP contribution in [0.15, 0.2) is 48.5 Å². The van der Waals surface area contributed by atoms with E-state index in [4.69, 9.17) is 11.6 Å². The number of amides is 2. The first kappa shape index (κ1) is 22.0. The maximum Gasteiger partial charge on any atom is 0.242 e. The van der Waals surface area contributed by atoms with Crippen molar-refractivity contribution < 1.29 is 9.59 Å². The molecule has 0 aliphatic carbocycles. The fourth-order valence-corrected chi connectivity index (χ4v) is 3.05. The molecule has 1 atom stereocenters. The Morgan fingerprint density at radius 2 is 1.71 bits per heavy atom. The molecule has 0 radical (unpaired) electrons. The number of benzene rings is 2. The second-order valence-electron chi connectivity index (χ2n) is 7.63. The van der Waals surface area contributed by atoms with Crippen LogP contribution >= 0.6 is 11.6 Å². The van der Waals surface area contributed by atoms with E-state index in [2.05, 4.69) is 5.32 Å². The summed E-state index contributed by atoms with van der Waals surface area (Å²) in [7, 11) is 0. The average Bonchev–Trinajstić information content (AvgIpc) is 2.65. The summed E-state index contributed by atoms with van der Waals surface area (Å²) in [5.41, 5.74) is 2.99. The van der Waals surface area contributed by atoms with E-state index in [1.165, 1.54) is 0 Å². The summed E-state index contributed by atoms with van der Waals surface area (Å²) in [6, 6.07) is 14.7. The molecule has 2 amide bonds. The maximum atomic E-state index is 13.1. The summed E-state index contributed by atoms with van der Waals surface area (Å²) >= 11 is 5.97. The number of carbonyl (C=O) groups excluding carboxylic acids is 2. The number of hydrogen-bond donors (Lipinski definition) is 1. The molecule has 0 aromatic heterocycles. The van der Waals surface area contributed by atoms with Crippen molar-refractivity contribution in [3.8, 4) is 0 Å². The van der Waals surface area contributed by atoms with E-state index in [0.29, 0.717) is 24.0 Å². The first-order valence-corrected chi connectivity index (χ1v) is 10.0. The molecule has 0 saturated carbocycles. The minimum Gasteiger partial charge on any atom is -0.354 e. The molecule has 5 heteroatoms. The topological polar surface area (TPSA) is 49.4 Å². The summed E-state index contributed by atoms with van der Waals surface area (Å²) in [5.74, 6) is 0.136. The number of aryl methyl sites for hydroxylation is 1. The van der Waals surface area contributed by atoms with Gasteiger partial charge in [0.1, 0.15) is 6.04 Å².